The van der Waals surface area contributed by atoms with Crippen LogP contribution in [0.1, 0.15) is 33.1 Å². The molecule has 1 aromatic rings. The van der Waals surface area contributed by atoms with Crippen LogP contribution in [-0.2, 0) is 0 Å². The number of hydrogen-bond donors (Lipinski definition) is 2. The van der Waals surface area contributed by atoms with E-state index in [0.29, 0.717) is 5.41 Å². The zero-order valence-electron chi connectivity index (χ0n) is 12.9. The lowest BCUT2D eigenvalue weighted by molar-refractivity contribution is 0.150. The average molecular weight is 277 g/mol. The smallest absolute Gasteiger partial charge is 0.131 e. The Labute approximate surface area is 122 Å². The molecule has 2 N–H and O–H groups in total. The van der Waals surface area contributed by atoms with E-state index in [-0.39, 0.29) is 0 Å². The zero-order valence-corrected chi connectivity index (χ0v) is 12.9. The van der Waals surface area contributed by atoms with Gasteiger partial charge in [-0.15, -0.1) is 0 Å². The lowest BCUT2D eigenvalue weighted by Crippen LogP contribution is -2.40. The Morgan fingerprint density at radius 2 is 1.85 bits per heavy atom. The number of hydrogen-bond acceptors (Lipinski definition) is 5. The fourth-order valence-corrected chi connectivity index (χ4v) is 2.44. The van der Waals surface area contributed by atoms with E-state index in [0.717, 1.165) is 31.1 Å². The van der Waals surface area contributed by atoms with Gasteiger partial charge in [-0.05, 0) is 44.8 Å². The molecule has 5 heteroatoms. The Balaban J connectivity index is 1.87. The number of likely N-dealkylation sites (tertiary alicyclic amines) is 1. The summed E-state index contributed by atoms with van der Waals surface area (Å²) in [4.78, 5) is 10.9. The predicted molar refractivity (Wildman–Crippen MR) is 84.1 cm³/mol. The molecule has 5 nitrogen and oxygen atoms in total. The van der Waals surface area contributed by atoms with Gasteiger partial charge < -0.3 is 15.5 Å². The van der Waals surface area contributed by atoms with Gasteiger partial charge in [0.25, 0.3) is 0 Å². The number of anilines is 2. The largest absolute Gasteiger partial charge is 0.370 e. The van der Waals surface area contributed by atoms with Crippen molar-refractivity contribution in [1.29, 1.82) is 0 Å². The molecular formula is C15H27N5. The molecule has 0 spiro atoms. The molecule has 0 unspecified atom stereocenters. The van der Waals surface area contributed by atoms with E-state index < -0.39 is 0 Å². The first kappa shape index (κ1) is 15.0. The second-order valence-corrected chi connectivity index (χ2v) is 6.18. The summed E-state index contributed by atoms with van der Waals surface area (Å²) in [5, 5.41) is 6.77. The molecule has 1 aliphatic rings. The molecule has 0 radical (unpaired) electrons. The Morgan fingerprint density at radius 3 is 2.50 bits per heavy atom. The molecule has 0 atom stereocenters. The van der Waals surface area contributed by atoms with Gasteiger partial charge in [0.2, 0.25) is 0 Å². The minimum Gasteiger partial charge on any atom is -0.370 e. The summed E-state index contributed by atoms with van der Waals surface area (Å²) in [6, 6.07) is 1.99. The van der Waals surface area contributed by atoms with Crippen LogP contribution in [0.5, 0.6) is 0 Å². The third-order valence-corrected chi connectivity index (χ3v) is 4.11. The highest BCUT2D eigenvalue weighted by atomic mass is 15.1. The lowest BCUT2D eigenvalue weighted by Gasteiger charge is -2.38. The molecule has 112 valence electrons. The molecule has 2 rings (SSSR count). The fourth-order valence-electron chi connectivity index (χ4n) is 2.44. The molecule has 0 amide bonds. The van der Waals surface area contributed by atoms with E-state index in [1.165, 1.54) is 25.9 Å². The summed E-state index contributed by atoms with van der Waals surface area (Å²) in [6.45, 7) is 8.81. The van der Waals surface area contributed by atoms with E-state index in [9.17, 15) is 0 Å². The highest BCUT2D eigenvalue weighted by Crippen LogP contribution is 2.30. The van der Waals surface area contributed by atoms with Crippen molar-refractivity contribution in [1.82, 2.24) is 14.9 Å². The molecule has 0 saturated carbocycles. The molecule has 0 aliphatic carbocycles. The van der Waals surface area contributed by atoms with Gasteiger partial charge in [0.15, 0.2) is 0 Å². The predicted octanol–water partition coefficient (Wildman–Crippen LogP) is 2.44. The van der Waals surface area contributed by atoms with E-state index in [1.807, 2.05) is 6.07 Å². The van der Waals surface area contributed by atoms with Gasteiger partial charge in [0.05, 0.1) is 0 Å². The highest BCUT2D eigenvalue weighted by Gasteiger charge is 2.28. The summed E-state index contributed by atoms with van der Waals surface area (Å²) < 4.78 is 0. The third-order valence-electron chi connectivity index (χ3n) is 4.11. The first-order chi connectivity index (χ1) is 9.61. The van der Waals surface area contributed by atoms with Crippen molar-refractivity contribution in [2.45, 2.75) is 33.1 Å². The van der Waals surface area contributed by atoms with E-state index in [2.05, 4.69) is 46.4 Å². The average Bonchev–Trinajstić information content (AvgIpc) is 2.47. The quantitative estimate of drug-likeness (QED) is 0.836. The topological polar surface area (TPSA) is 53.1 Å². The summed E-state index contributed by atoms with van der Waals surface area (Å²) in [7, 11) is 2.20. The second-order valence-electron chi connectivity index (χ2n) is 6.18. The van der Waals surface area contributed by atoms with Crippen LogP contribution in [0.2, 0.25) is 0 Å². The minimum absolute atomic E-state index is 0.370. The Bertz CT molecular complexity index is 412. The minimum atomic E-state index is 0.370. The molecule has 1 saturated heterocycles. The van der Waals surface area contributed by atoms with E-state index in [1.54, 1.807) is 6.33 Å². The van der Waals surface area contributed by atoms with Crippen molar-refractivity contribution in [3.63, 3.8) is 0 Å². The summed E-state index contributed by atoms with van der Waals surface area (Å²) in [5.74, 6) is 1.82. The molecule has 2 heterocycles. The molecule has 1 aliphatic heterocycles. The van der Waals surface area contributed by atoms with Gasteiger partial charge in [0, 0.05) is 19.2 Å². The van der Waals surface area contributed by atoms with Crippen LogP contribution in [0, 0.1) is 5.41 Å². The number of piperidine rings is 1. The second kappa shape index (κ2) is 6.88. The van der Waals surface area contributed by atoms with Crippen molar-refractivity contribution in [3.8, 4) is 0 Å². The maximum atomic E-state index is 4.31. The number of aromatic nitrogens is 2. The van der Waals surface area contributed by atoms with Crippen LogP contribution in [0.25, 0.3) is 0 Å². The van der Waals surface area contributed by atoms with Crippen molar-refractivity contribution < 1.29 is 0 Å². The van der Waals surface area contributed by atoms with E-state index in [4.69, 9.17) is 0 Å². The first-order valence-electron chi connectivity index (χ1n) is 7.60. The summed E-state index contributed by atoms with van der Waals surface area (Å²) in [6.07, 6.45) is 5.20. The summed E-state index contributed by atoms with van der Waals surface area (Å²) >= 11 is 0. The molecule has 20 heavy (non-hydrogen) atoms. The van der Waals surface area contributed by atoms with Gasteiger partial charge in [-0.1, -0.05) is 13.8 Å². The molecule has 1 aromatic heterocycles. The van der Waals surface area contributed by atoms with Gasteiger partial charge in [-0.3, -0.25) is 0 Å². The van der Waals surface area contributed by atoms with Crippen LogP contribution in [0.3, 0.4) is 0 Å². The number of nitrogens with one attached hydrogen (secondary N) is 2. The van der Waals surface area contributed by atoms with Gasteiger partial charge in [-0.2, -0.15) is 0 Å². The standard InChI is InChI=1S/C15H27N5/c1-4-7-16-13-10-14(19-12-18-13)17-11-15(2)5-8-20(3)9-6-15/h10,12H,4-9,11H2,1-3H3,(H2,16,17,18,19). The van der Waals surface area contributed by atoms with Crippen LogP contribution in [-0.4, -0.2) is 48.1 Å². The maximum Gasteiger partial charge on any atom is 0.131 e. The van der Waals surface area contributed by atoms with Crippen LogP contribution in [0.4, 0.5) is 11.6 Å². The first-order valence-corrected chi connectivity index (χ1v) is 7.60. The highest BCUT2D eigenvalue weighted by molar-refractivity contribution is 5.46. The van der Waals surface area contributed by atoms with Crippen LogP contribution < -0.4 is 10.6 Å². The Hall–Kier alpha value is -1.36. The SMILES string of the molecule is CCCNc1cc(NCC2(C)CCN(C)CC2)ncn1. The van der Waals surface area contributed by atoms with E-state index >= 15 is 0 Å². The maximum absolute atomic E-state index is 4.31. The lowest BCUT2D eigenvalue weighted by atomic mass is 9.80. The zero-order chi connectivity index (χ0) is 14.4. The monoisotopic (exact) mass is 277 g/mol. The van der Waals surface area contributed by atoms with Crippen molar-refractivity contribution in [2.75, 3.05) is 43.9 Å². The summed E-state index contributed by atoms with van der Waals surface area (Å²) in [5.41, 5.74) is 0.370. The molecule has 0 aromatic carbocycles. The Morgan fingerprint density at radius 1 is 1.20 bits per heavy atom. The van der Waals surface area contributed by atoms with Crippen molar-refractivity contribution >= 4 is 11.6 Å². The van der Waals surface area contributed by atoms with Crippen LogP contribution in [0.15, 0.2) is 12.4 Å². The molecule has 1 fully saturated rings. The third kappa shape index (κ3) is 4.34. The Kier molecular flexibility index (Phi) is 5.17. The fraction of sp³-hybridized carbons (Fsp3) is 0.733. The normalized spacial score (nSPS) is 18.8. The number of nitrogens with zero attached hydrogens (tertiary/aromatic N) is 3. The number of rotatable bonds is 6. The van der Waals surface area contributed by atoms with Gasteiger partial charge in [0.1, 0.15) is 18.0 Å². The van der Waals surface area contributed by atoms with Gasteiger partial charge in [-0.25, -0.2) is 9.97 Å². The molecular weight excluding hydrogens is 250 g/mol. The van der Waals surface area contributed by atoms with Crippen LogP contribution >= 0.6 is 0 Å². The van der Waals surface area contributed by atoms with Gasteiger partial charge >= 0.3 is 0 Å². The van der Waals surface area contributed by atoms with Crippen molar-refractivity contribution in [3.05, 3.63) is 12.4 Å². The van der Waals surface area contributed by atoms with Crippen molar-refractivity contribution in [2.24, 2.45) is 5.41 Å². The molecule has 0 bridgehead atoms.